The van der Waals surface area contributed by atoms with Crippen molar-refractivity contribution in [2.45, 2.75) is 47.8 Å². The minimum Gasteiger partial charge on any atom is -0.349 e. The molecule has 0 saturated heterocycles. The van der Waals surface area contributed by atoms with Crippen LogP contribution in [-0.2, 0) is 16.0 Å². The van der Waals surface area contributed by atoms with Crippen LogP contribution < -0.4 is 5.32 Å². The number of hydrogen-bond donors (Lipinski definition) is 1. The molecular formula is C20H17ClF5NO3S. The van der Waals surface area contributed by atoms with Crippen molar-refractivity contribution in [3.05, 3.63) is 64.4 Å². The number of alkyl halides is 4. The Balaban J connectivity index is 1.72. The van der Waals surface area contributed by atoms with Crippen molar-refractivity contribution >= 4 is 27.3 Å². The van der Waals surface area contributed by atoms with E-state index in [1.54, 1.807) is 0 Å². The number of carbonyl (C=O) groups is 1. The average Bonchev–Trinajstić information content (AvgIpc) is 2.68. The molecule has 0 spiro atoms. The number of rotatable bonds is 4. The molecule has 2 aromatic carbocycles. The quantitative estimate of drug-likeness (QED) is 0.602. The highest BCUT2D eigenvalue weighted by atomic mass is 35.5. The summed E-state index contributed by atoms with van der Waals surface area (Å²) >= 11 is 5.72. The van der Waals surface area contributed by atoms with E-state index in [0.717, 1.165) is 24.3 Å². The molecule has 31 heavy (non-hydrogen) atoms. The average molecular weight is 482 g/mol. The van der Waals surface area contributed by atoms with Crippen LogP contribution in [0, 0.1) is 5.82 Å². The lowest BCUT2D eigenvalue weighted by Crippen LogP contribution is -2.45. The maximum atomic E-state index is 15.4. The van der Waals surface area contributed by atoms with Gasteiger partial charge in [0, 0.05) is 16.6 Å². The van der Waals surface area contributed by atoms with Gasteiger partial charge in [-0.15, -0.1) is 0 Å². The molecule has 0 aliphatic heterocycles. The Morgan fingerprint density at radius 2 is 1.74 bits per heavy atom. The lowest BCUT2D eigenvalue weighted by atomic mass is 9.93. The predicted octanol–water partition coefficient (Wildman–Crippen LogP) is 5.31. The van der Waals surface area contributed by atoms with Crippen molar-refractivity contribution in [2.24, 2.45) is 0 Å². The first-order valence-electron chi connectivity index (χ1n) is 9.20. The topological polar surface area (TPSA) is 63.2 Å². The van der Waals surface area contributed by atoms with Gasteiger partial charge >= 0.3 is 6.18 Å². The lowest BCUT2D eigenvalue weighted by Gasteiger charge is -2.34. The third-order valence-corrected chi connectivity index (χ3v) is 7.61. The van der Waals surface area contributed by atoms with E-state index in [0.29, 0.717) is 12.1 Å². The van der Waals surface area contributed by atoms with Gasteiger partial charge in [0.1, 0.15) is 5.82 Å². The van der Waals surface area contributed by atoms with Gasteiger partial charge in [-0.25, -0.2) is 17.2 Å². The molecule has 0 radical (unpaired) electrons. The molecule has 1 saturated carbocycles. The SMILES string of the molecule is O=C(NC1CCC(F)(S(=O)(=O)c2cccc(C(F)(F)F)c2)CC1)c1cc(F)cc(Cl)c1. The Kier molecular flexibility index (Phi) is 6.35. The van der Waals surface area contributed by atoms with Crippen LogP contribution >= 0.6 is 11.6 Å². The van der Waals surface area contributed by atoms with Crippen LogP contribution in [0.1, 0.15) is 41.6 Å². The van der Waals surface area contributed by atoms with Gasteiger partial charge in [0.2, 0.25) is 14.8 Å². The van der Waals surface area contributed by atoms with Crippen LogP contribution in [0.5, 0.6) is 0 Å². The molecule has 0 aromatic heterocycles. The number of halogens is 6. The van der Waals surface area contributed by atoms with Gasteiger partial charge in [-0.2, -0.15) is 13.2 Å². The highest BCUT2D eigenvalue weighted by Crippen LogP contribution is 2.41. The summed E-state index contributed by atoms with van der Waals surface area (Å²) in [5.41, 5.74) is -1.23. The summed E-state index contributed by atoms with van der Waals surface area (Å²) in [4.78, 5) is 11.5. The molecule has 11 heteroatoms. The van der Waals surface area contributed by atoms with E-state index in [9.17, 15) is 30.8 Å². The fraction of sp³-hybridized carbons (Fsp3) is 0.350. The summed E-state index contributed by atoms with van der Waals surface area (Å²) in [5, 5.41) is -0.173. The third kappa shape index (κ3) is 5.01. The van der Waals surface area contributed by atoms with Gasteiger partial charge in [-0.05, 0) is 62.1 Å². The Morgan fingerprint density at radius 1 is 1.10 bits per heavy atom. The first-order chi connectivity index (χ1) is 14.3. The Hall–Kier alpha value is -2.20. The molecule has 1 aliphatic carbocycles. The largest absolute Gasteiger partial charge is 0.416 e. The number of nitrogens with one attached hydrogen (secondary N) is 1. The van der Waals surface area contributed by atoms with Crippen molar-refractivity contribution in [2.75, 3.05) is 0 Å². The van der Waals surface area contributed by atoms with Crippen molar-refractivity contribution in [1.82, 2.24) is 5.32 Å². The zero-order valence-electron chi connectivity index (χ0n) is 15.8. The molecule has 4 nitrogen and oxygen atoms in total. The summed E-state index contributed by atoms with van der Waals surface area (Å²) < 4.78 is 92.9. The summed E-state index contributed by atoms with van der Waals surface area (Å²) in [5.74, 6) is -1.37. The van der Waals surface area contributed by atoms with E-state index < -0.39 is 62.1 Å². The maximum absolute atomic E-state index is 15.4. The second kappa shape index (κ2) is 8.38. The van der Waals surface area contributed by atoms with Gasteiger partial charge in [-0.3, -0.25) is 4.79 Å². The zero-order valence-corrected chi connectivity index (χ0v) is 17.4. The highest BCUT2D eigenvalue weighted by Gasteiger charge is 2.48. The molecular weight excluding hydrogens is 465 g/mol. The fourth-order valence-electron chi connectivity index (χ4n) is 3.47. The van der Waals surface area contributed by atoms with Crippen molar-refractivity contribution < 1.29 is 35.2 Å². The molecule has 1 amide bonds. The number of sulfone groups is 1. The fourth-order valence-corrected chi connectivity index (χ4v) is 5.42. The molecule has 2 aromatic rings. The number of hydrogen-bond acceptors (Lipinski definition) is 3. The van der Waals surface area contributed by atoms with Gasteiger partial charge in [-0.1, -0.05) is 17.7 Å². The van der Waals surface area contributed by atoms with Crippen molar-refractivity contribution in [1.29, 1.82) is 0 Å². The molecule has 0 heterocycles. The second-order valence-corrected chi connectivity index (χ2v) is 9.96. The number of benzene rings is 2. The molecule has 1 N–H and O–H groups in total. The lowest BCUT2D eigenvalue weighted by molar-refractivity contribution is -0.137. The second-order valence-electron chi connectivity index (χ2n) is 7.32. The van der Waals surface area contributed by atoms with E-state index >= 15 is 4.39 Å². The molecule has 1 fully saturated rings. The Morgan fingerprint density at radius 3 is 2.32 bits per heavy atom. The molecule has 3 rings (SSSR count). The van der Waals surface area contributed by atoms with Crippen LogP contribution in [0.3, 0.4) is 0 Å². The summed E-state index contributed by atoms with van der Waals surface area (Å²) in [6.07, 6.45) is -5.93. The van der Waals surface area contributed by atoms with E-state index in [4.69, 9.17) is 11.6 Å². The van der Waals surface area contributed by atoms with Gasteiger partial charge < -0.3 is 5.32 Å². The minimum atomic E-state index is -4.77. The van der Waals surface area contributed by atoms with E-state index in [1.807, 2.05) is 0 Å². The first kappa shape index (κ1) is 23.5. The smallest absolute Gasteiger partial charge is 0.349 e. The van der Waals surface area contributed by atoms with Crippen LogP contribution in [0.15, 0.2) is 47.4 Å². The molecule has 0 atom stereocenters. The van der Waals surface area contributed by atoms with Crippen LogP contribution in [0.4, 0.5) is 22.0 Å². The maximum Gasteiger partial charge on any atom is 0.416 e. The van der Waals surface area contributed by atoms with E-state index in [-0.39, 0.29) is 23.4 Å². The van der Waals surface area contributed by atoms with E-state index in [1.165, 1.54) is 6.07 Å². The van der Waals surface area contributed by atoms with Gasteiger partial charge in [0.05, 0.1) is 10.5 Å². The zero-order chi connectivity index (χ0) is 23.0. The number of amides is 1. The molecule has 1 aliphatic rings. The molecule has 168 valence electrons. The van der Waals surface area contributed by atoms with Crippen LogP contribution in [0.2, 0.25) is 5.02 Å². The van der Waals surface area contributed by atoms with Crippen molar-refractivity contribution in [3.63, 3.8) is 0 Å². The Bertz CT molecular complexity index is 1080. The summed E-state index contributed by atoms with van der Waals surface area (Å²) in [6, 6.07) is 5.61. The van der Waals surface area contributed by atoms with E-state index in [2.05, 4.69) is 5.32 Å². The number of carbonyl (C=O) groups excluding carboxylic acids is 1. The normalized spacial score (nSPS) is 22.2. The van der Waals surface area contributed by atoms with Crippen LogP contribution in [-0.4, -0.2) is 25.4 Å². The summed E-state index contributed by atoms with van der Waals surface area (Å²) in [6.45, 7) is 0. The Labute approximate surface area is 180 Å². The summed E-state index contributed by atoms with van der Waals surface area (Å²) in [7, 11) is -4.71. The highest BCUT2D eigenvalue weighted by molar-refractivity contribution is 7.92. The van der Waals surface area contributed by atoms with Crippen molar-refractivity contribution in [3.8, 4) is 0 Å². The molecule has 0 bridgehead atoms. The predicted molar refractivity (Wildman–Crippen MR) is 104 cm³/mol. The molecule has 0 unspecified atom stereocenters. The van der Waals surface area contributed by atoms with Gasteiger partial charge in [0.25, 0.3) is 5.91 Å². The first-order valence-corrected chi connectivity index (χ1v) is 11.1. The minimum absolute atomic E-state index is 0.0174. The third-order valence-electron chi connectivity index (χ3n) is 5.15. The monoisotopic (exact) mass is 481 g/mol. The van der Waals surface area contributed by atoms with Crippen LogP contribution in [0.25, 0.3) is 0 Å². The van der Waals surface area contributed by atoms with Gasteiger partial charge in [0.15, 0.2) is 0 Å². The standard InChI is InChI=1S/C20H17ClF5NO3S/c21-14-8-12(9-15(22)11-14)18(28)27-16-4-6-19(23,7-5-16)31(29,30)17-3-1-2-13(10-17)20(24,25)26/h1-3,8-11,16H,4-7H2,(H,27,28).